The Morgan fingerprint density at radius 2 is 1.73 bits per heavy atom. The van der Waals surface area contributed by atoms with E-state index in [0.29, 0.717) is 24.2 Å². The molecule has 0 aliphatic carbocycles. The summed E-state index contributed by atoms with van der Waals surface area (Å²) in [7, 11) is 0. The Balaban J connectivity index is 0.00000320. The molecule has 0 saturated carbocycles. The highest BCUT2D eigenvalue weighted by Crippen LogP contribution is 2.26. The number of likely N-dealkylation sites (tertiary alicyclic amines) is 1. The van der Waals surface area contributed by atoms with Crippen LogP contribution in [0.3, 0.4) is 0 Å². The molecule has 2 heterocycles. The summed E-state index contributed by atoms with van der Waals surface area (Å²) in [6.07, 6.45) is 5.71. The van der Waals surface area contributed by atoms with Crippen LogP contribution in [0.15, 0.2) is 24.3 Å². The lowest BCUT2D eigenvalue weighted by atomic mass is 9.84. The number of Topliss-reactive ketones (excluding diaryl/α,β-unsaturated/α-hetero) is 1. The van der Waals surface area contributed by atoms with Crippen molar-refractivity contribution in [3.63, 3.8) is 0 Å². The van der Waals surface area contributed by atoms with E-state index in [1.807, 2.05) is 17.0 Å². The van der Waals surface area contributed by atoms with Gasteiger partial charge in [-0.3, -0.25) is 9.59 Å². The quantitative estimate of drug-likeness (QED) is 0.629. The lowest BCUT2D eigenvalue weighted by Gasteiger charge is -2.34. The Bertz CT molecular complexity index is 675. The zero-order valence-corrected chi connectivity index (χ0v) is 19.7. The minimum Gasteiger partial charge on any atom is -0.343 e. The number of nitrogens with one attached hydrogen (secondary N) is 1. The summed E-state index contributed by atoms with van der Waals surface area (Å²) in [5.41, 5.74) is 2.11. The van der Waals surface area contributed by atoms with Crippen LogP contribution in [0.5, 0.6) is 0 Å². The number of hydrogen-bond donors (Lipinski definition) is 1. The Morgan fingerprint density at radius 1 is 1.07 bits per heavy atom. The van der Waals surface area contributed by atoms with Gasteiger partial charge in [-0.2, -0.15) is 0 Å². The standard InChI is InChI=1S/C25H38N2O2.ClH/c1-18(2)15-20-6-8-21(9-7-20)25(29)22-10-13-27(14-11-22)24(28)16-19(3)23-5-4-12-26-17-23;/h6-9,18-19,22-23,26H,4-5,10-17H2,1-3H3;1H. The van der Waals surface area contributed by atoms with Gasteiger partial charge >= 0.3 is 0 Å². The van der Waals surface area contributed by atoms with Gasteiger partial charge in [0.15, 0.2) is 5.78 Å². The molecule has 2 fully saturated rings. The van der Waals surface area contributed by atoms with E-state index in [-0.39, 0.29) is 30.0 Å². The largest absolute Gasteiger partial charge is 0.343 e. The van der Waals surface area contributed by atoms with E-state index in [9.17, 15) is 9.59 Å². The van der Waals surface area contributed by atoms with E-state index in [1.165, 1.54) is 18.4 Å². The molecular weight excluding hydrogens is 396 g/mol. The smallest absolute Gasteiger partial charge is 0.222 e. The second-order valence-corrected chi connectivity index (χ2v) is 9.60. The molecule has 0 spiro atoms. The summed E-state index contributed by atoms with van der Waals surface area (Å²) in [6, 6.07) is 8.15. The number of carbonyl (C=O) groups is 2. The maximum atomic E-state index is 12.9. The Labute approximate surface area is 188 Å². The lowest BCUT2D eigenvalue weighted by Crippen LogP contribution is -2.42. The fraction of sp³-hybridized carbons (Fsp3) is 0.680. The summed E-state index contributed by atoms with van der Waals surface area (Å²) < 4.78 is 0. The van der Waals surface area contributed by atoms with Gasteiger partial charge in [-0.05, 0) is 68.5 Å². The van der Waals surface area contributed by atoms with Crippen molar-refractivity contribution >= 4 is 24.1 Å². The minimum atomic E-state index is 0. The summed E-state index contributed by atoms with van der Waals surface area (Å²) in [6.45, 7) is 10.2. The number of rotatable bonds is 7. The molecule has 2 atom stereocenters. The molecule has 3 rings (SSSR count). The highest BCUT2D eigenvalue weighted by Gasteiger charge is 2.30. The molecule has 1 aromatic carbocycles. The Hall–Kier alpha value is -1.39. The molecule has 0 aromatic heterocycles. The van der Waals surface area contributed by atoms with Crippen molar-refractivity contribution < 1.29 is 9.59 Å². The average molecular weight is 435 g/mol. The van der Waals surface area contributed by atoms with Crippen molar-refractivity contribution in [2.75, 3.05) is 26.2 Å². The summed E-state index contributed by atoms with van der Waals surface area (Å²) in [4.78, 5) is 27.6. The molecule has 5 heteroatoms. The van der Waals surface area contributed by atoms with E-state index in [4.69, 9.17) is 0 Å². The van der Waals surface area contributed by atoms with Gasteiger partial charge in [-0.1, -0.05) is 45.0 Å². The van der Waals surface area contributed by atoms with Gasteiger partial charge in [0.05, 0.1) is 0 Å². The van der Waals surface area contributed by atoms with E-state index < -0.39 is 0 Å². The normalized spacial score (nSPS) is 21.2. The van der Waals surface area contributed by atoms with Crippen molar-refractivity contribution in [1.29, 1.82) is 0 Å². The van der Waals surface area contributed by atoms with Gasteiger partial charge in [-0.15, -0.1) is 12.4 Å². The zero-order chi connectivity index (χ0) is 20.8. The van der Waals surface area contributed by atoms with Crippen molar-refractivity contribution in [2.45, 2.75) is 59.3 Å². The van der Waals surface area contributed by atoms with E-state index >= 15 is 0 Å². The molecule has 2 aliphatic rings. The third-order valence-electron chi connectivity index (χ3n) is 6.74. The van der Waals surface area contributed by atoms with Crippen LogP contribution in [0.4, 0.5) is 0 Å². The topological polar surface area (TPSA) is 49.4 Å². The van der Waals surface area contributed by atoms with Crippen molar-refractivity contribution in [3.8, 4) is 0 Å². The first-order valence-electron chi connectivity index (χ1n) is 11.6. The van der Waals surface area contributed by atoms with Crippen LogP contribution in [0, 0.1) is 23.7 Å². The van der Waals surface area contributed by atoms with Crippen LogP contribution in [0.1, 0.15) is 68.8 Å². The molecule has 1 amide bonds. The van der Waals surface area contributed by atoms with Gasteiger partial charge < -0.3 is 10.2 Å². The Kier molecular flexibility index (Phi) is 9.83. The summed E-state index contributed by atoms with van der Waals surface area (Å²) in [5.74, 6) is 2.23. The monoisotopic (exact) mass is 434 g/mol. The predicted molar refractivity (Wildman–Crippen MR) is 125 cm³/mol. The van der Waals surface area contributed by atoms with Gasteiger partial charge in [0.2, 0.25) is 5.91 Å². The molecule has 0 radical (unpaired) electrons. The second-order valence-electron chi connectivity index (χ2n) is 9.60. The van der Waals surface area contributed by atoms with Crippen LogP contribution in [-0.4, -0.2) is 42.8 Å². The Morgan fingerprint density at radius 3 is 2.30 bits per heavy atom. The second kappa shape index (κ2) is 11.9. The molecule has 1 N–H and O–H groups in total. The van der Waals surface area contributed by atoms with Gasteiger partial charge in [-0.25, -0.2) is 0 Å². The first-order chi connectivity index (χ1) is 13.9. The number of piperidine rings is 2. The number of hydrogen-bond acceptors (Lipinski definition) is 3. The molecule has 2 unspecified atom stereocenters. The van der Waals surface area contributed by atoms with E-state index in [1.54, 1.807) is 0 Å². The fourth-order valence-electron chi connectivity index (χ4n) is 4.84. The lowest BCUT2D eigenvalue weighted by molar-refractivity contribution is -0.133. The van der Waals surface area contributed by atoms with Crippen LogP contribution in [-0.2, 0) is 11.2 Å². The summed E-state index contributed by atoms with van der Waals surface area (Å²) in [5, 5.41) is 3.45. The predicted octanol–water partition coefficient (Wildman–Crippen LogP) is 4.75. The molecule has 168 valence electrons. The van der Waals surface area contributed by atoms with Crippen molar-refractivity contribution in [2.24, 2.45) is 23.7 Å². The highest BCUT2D eigenvalue weighted by molar-refractivity contribution is 5.98. The van der Waals surface area contributed by atoms with E-state index in [0.717, 1.165) is 51.0 Å². The number of ketones is 1. The molecule has 2 saturated heterocycles. The zero-order valence-electron chi connectivity index (χ0n) is 18.9. The average Bonchev–Trinajstić information content (AvgIpc) is 2.74. The fourth-order valence-corrected chi connectivity index (χ4v) is 4.84. The first-order valence-corrected chi connectivity index (χ1v) is 11.6. The molecule has 30 heavy (non-hydrogen) atoms. The number of carbonyl (C=O) groups excluding carboxylic acids is 2. The maximum Gasteiger partial charge on any atom is 0.222 e. The van der Waals surface area contributed by atoms with Crippen molar-refractivity contribution in [3.05, 3.63) is 35.4 Å². The molecule has 4 nitrogen and oxygen atoms in total. The van der Waals surface area contributed by atoms with Gasteiger partial charge in [0, 0.05) is 31.0 Å². The molecule has 2 aliphatic heterocycles. The maximum absolute atomic E-state index is 12.9. The van der Waals surface area contributed by atoms with Crippen LogP contribution < -0.4 is 5.32 Å². The number of halogens is 1. The minimum absolute atomic E-state index is 0. The third kappa shape index (κ3) is 6.81. The van der Waals surface area contributed by atoms with Crippen LogP contribution >= 0.6 is 12.4 Å². The number of benzene rings is 1. The third-order valence-corrected chi connectivity index (χ3v) is 6.74. The molecular formula is C25H39ClN2O2. The summed E-state index contributed by atoms with van der Waals surface area (Å²) >= 11 is 0. The molecule has 1 aromatic rings. The molecule has 0 bridgehead atoms. The van der Waals surface area contributed by atoms with Crippen LogP contribution in [0.2, 0.25) is 0 Å². The number of amides is 1. The van der Waals surface area contributed by atoms with E-state index in [2.05, 4.69) is 38.2 Å². The van der Waals surface area contributed by atoms with Gasteiger partial charge in [0.25, 0.3) is 0 Å². The first kappa shape index (κ1) is 24.9. The van der Waals surface area contributed by atoms with Crippen LogP contribution in [0.25, 0.3) is 0 Å². The highest BCUT2D eigenvalue weighted by atomic mass is 35.5. The number of nitrogens with zero attached hydrogens (tertiary/aromatic N) is 1. The van der Waals surface area contributed by atoms with Gasteiger partial charge in [0.1, 0.15) is 0 Å². The SMILES string of the molecule is CC(C)Cc1ccc(C(=O)C2CCN(C(=O)CC(C)C3CCCNC3)CC2)cc1.Cl. The van der Waals surface area contributed by atoms with Crippen molar-refractivity contribution in [1.82, 2.24) is 10.2 Å².